The van der Waals surface area contributed by atoms with Gasteiger partial charge in [-0.1, -0.05) is 12.1 Å². The molecule has 4 nitrogen and oxygen atoms in total. The van der Waals surface area contributed by atoms with Crippen LogP contribution in [-0.4, -0.2) is 26.1 Å². The number of ether oxygens (including phenoxy) is 1. The highest BCUT2D eigenvalue weighted by atomic mass is 16.5. The molecule has 0 unspecified atom stereocenters. The fourth-order valence-electron chi connectivity index (χ4n) is 2.05. The first-order valence-corrected chi connectivity index (χ1v) is 6.82. The van der Waals surface area contributed by atoms with Crippen molar-refractivity contribution < 1.29 is 9.53 Å². The number of aryl methyl sites for hydroxylation is 1. The molecule has 1 aliphatic carbocycles. The zero-order valence-corrected chi connectivity index (χ0v) is 11.7. The Morgan fingerprint density at radius 2 is 2.16 bits per heavy atom. The van der Waals surface area contributed by atoms with Crippen LogP contribution in [0.15, 0.2) is 18.2 Å². The van der Waals surface area contributed by atoms with Crippen LogP contribution in [0.1, 0.15) is 24.0 Å². The monoisotopic (exact) mass is 262 g/mol. The van der Waals surface area contributed by atoms with E-state index in [-0.39, 0.29) is 5.91 Å². The Bertz CT molecular complexity index is 442. The molecule has 4 heteroatoms. The van der Waals surface area contributed by atoms with Gasteiger partial charge in [-0.25, -0.2) is 0 Å². The lowest BCUT2D eigenvalue weighted by Gasteiger charge is -2.09. The first kappa shape index (κ1) is 13.9. The van der Waals surface area contributed by atoms with Crippen LogP contribution in [0.25, 0.3) is 0 Å². The van der Waals surface area contributed by atoms with Gasteiger partial charge in [-0.15, -0.1) is 0 Å². The number of carbonyl (C=O) groups excluding carboxylic acids is 1. The van der Waals surface area contributed by atoms with Crippen molar-refractivity contribution in [3.63, 3.8) is 0 Å². The number of amides is 1. The molecule has 1 aromatic rings. The van der Waals surface area contributed by atoms with Gasteiger partial charge in [0.2, 0.25) is 5.91 Å². The van der Waals surface area contributed by atoms with E-state index in [0.29, 0.717) is 12.5 Å². The van der Waals surface area contributed by atoms with Crippen LogP contribution in [0.3, 0.4) is 0 Å². The van der Waals surface area contributed by atoms with E-state index in [2.05, 4.69) is 22.8 Å². The second kappa shape index (κ2) is 6.57. The molecular weight excluding hydrogens is 240 g/mol. The molecule has 1 fully saturated rings. The van der Waals surface area contributed by atoms with E-state index in [4.69, 9.17) is 4.74 Å². The zero-order chi connectivity index (χ0) is 13.7. The maximum absolute atomic E-state index is 11.4. The quantitative estimate of drug-likeness (QED) is 0.734. The van der Waals surface area contributed by atoms with Crippen molar-refractivity contribution in [2.45, 2.75) is 26.3 Å². The summed E-state index contributed by atoms with van der Waals surface area (Å²) in [6, 6.07) is 6.16. The summed E-state index contributed by atoms with van der Waals surface area (Å²) in [7, 11) is 1.68. The molecule has 19 heavy (non-hydrogen) atoms. The lowest BCUT2D eigenvalue weighted by atomic mass is 10.1. The van der Waals surface area contributed by atoms with Crippen LogP contribution in [0, 0.1) is 12.8 Å². The van der Waals surface area contributed by atoms with E-state index in [1.54, 1.807) is 7.11 Å². The second-order valence-corrected chi connectivity index (χ2v) is 5.05. The molecule has 1 aromatic carbocycles. The maximum atomic E-state index is 11.4. The van der Waals surface area contributed by atoms with E-state index in [0.717, 1.165) is 37.2 Å². The average molecular weight is 262 g/mol. The second-order valence-electron chi connectivity index (χ2n) is 5.05. The van der Waals surface area contributed by atoms with Gasteiger partial charge in [0.25, 0.3) is 0 Å². The Morgan fingerprint density at radius 1 is 1.37 bits per heavy atom. The molecule has 2 rings (SSSR count). The number of hydrogen-bond acceptors (Lipinski definition) is 3. The zero-order valence-electron chi connectivity index (χ0n) is 11.7. The lowest BCUT2D eigenvalue weighted by molar-refractivity contribution is -0.122. The summed E-state index contributed by atoms with van der Waals surface area (Å²) in [5.74, 6) is 1.42. The Hall–Kier alpha value is -1.55. The van der Waals surface area contributed by atoms with Crippen molar-refractivity contribution >= 4 is 5.91 Å². The van der Waals surface area contributed by atoms with Gasteiger partial charge < -0.3 is 15.4 Å². The van der Waals surface area contributed by atoms with Crippen molar-refractivity contribution in [3.05, 3.63) is 29.3 Å². The summed E-state index contributed by atoms with van der Waals surface area (Å²) < 4.78 is 5.23. The van der Waals surface area contributed by atoms with Gasteiger partial charge in [-0.2, -0.15) is 0 Å². The summed E-state index contributed by atoms with van der Waals surface area (Å²) in [6.45, 7) is 4.34. The van der Waals surface area contributed by atoms with Gasteiger partial charge >= 0.3 is 0 Å². The van der Waals surface area contributed by atoms with Crippen LogP contribution >= 0.6 is 0 Å². The number of rotatable bonds is 7. The summed E-state index contributed by atoms with van der Waals surface area (Å²) in [5, 5.41) is 6.26. The maximum Gasteiger partial charge on any atom is 0.223 e. The molecule has 0 saturated heterocycles. The minimum atomic E-state index is 0.210. The smallest absolute Gasteiger partial charge is 0.223 e. The molecule has 2 N–H and O–H groups in total. The molecule has 0 aromatic heterocycles. The largest absolute Gasteiger partial charge is 0.496 e. The molecule has 1 amide bonds. The summed E-state index contributed by atoms with van der Waals surface area (Å²) >= 11 is 0. The third-order valence-corrected chi connectivity index (χ3v) is 3.34. The minimum Gasteiger partial charge on any atom is -0.496 e. The standard InChI is InChI=1S/C15H22N2O2/c1-11-9-12(3-6-14(11)19-2)10-16-7-8-17-15(18)13-4-5-13/h3,6,9,13,16H,4-5,7-8,10H2,1-2H3,(H,17,18). The first-order chi connectivity index (χ1) is 9.20. The highest BCUT2D eigenvalue weighted by Crippen LogP contribution is 2.28. The van der Waals surface area contributed by atoms with E-state index >= 15 is 0 Å². The van der Waals surface area contributed by atoms with Gasteiger partial charge in [0.05, 0.1) is 7.11 Å². The SMILES string of the molecule is COc1ccc(CNCCNC(=O)C2CC2)cc1C. The summed E-state index contributed by atoms with van der Waals surface area (Å²) in [5.41, 5.74) is 2.37. The third-order valence-electron chi connectivity index (χ3n) is 3.34. The van der Waals surface area contributed by atoms with Crippen LogP contribution in [0.2, 0.25) is 0 Å². The molecule has 104 valence electrons. The number of carbonyl (C=O) groups is 1. The number of nitrogens with one attached hydrogen (secondary N) is 2. The van der Waals surface area contributed by atoms with E-state index in [9.17, 15) is 4.79 Å². The van der Waals surface area contributed by atoms with Crippen LogP contribution < -0.4 is 15.4 Å². The minimum absolute atomic E-state index is 0.210. The Labute approximate surface area is 114 Å². The van der Waals surface area contributed by atoms with Gasteiger partial charge in [-0.3, -0.25) is 4.79 Å². The average Bonchev–Trinajstić information content (AvgIpc) is 3.22. The number of methoxy groups -OCH3 is 1. The van der Waals surface area contributed by atoms with Gasteiger partial charge in [0.1, 0.15) is 5.75 Å². The lowest BCUT2D eigenvalue weighted by Crippen LogP contribution is -2.32. The predicted molar refractivity (Wildman–Crippen MR) is 75.2 cm³/mol. The fourth-order valence-corrected chi connectivity index (χ4v) is 2.05. The Morgan fingerprint density at radius 3 is 2.79 bits per heavy atom. The molecule has 0 bridgehead atoms. The number of hydrogen-bond donors (Lipinski definition) is 2. The summed E-state index contributed by atoms with van der Waals surface area (Å²) in [4.78, 5) is 11.4. The molecule has 0 atom stereocenters. The Kier molecular flexibility index (Phi) is 4.80. The molecule has 0 aliphatic heterocycles. The highest BCUT2D eigenvalue weighted by molar-refractivity contribution is 5.80. The summed E-state index contributed by atoms with van der Waals surface area (Å²) in [6.07, 6.45) is 2.12. The van der Waals surface area contributed by atoms with Crippen LogP contribution in [0.5, 0.6) is 5.75 Å². The normalized spacial score (nSPS) is 14.2. The molecule has 0 spiro atoms. The van der Waals surface area contributed by atoms with Crippen LogP contribution in [0.4, 0.5) is 0 Å². The molecule has 1 saturated carbocycles. The molecule has 0 radical (unpaired) electrons. The topological polar surface area (TPSA) is 50.4 Å². The molecule has 1 aliphatic rings. The van der Waals surface area contributed by atoms with E-state index in [1.807, 2.05) is 13.0 Å². The van der Waals surface area contributed by atoms with E-state index < -0.39 is 0 Å². The molecular formula is C15H22N2O2. The van der Waals surface area contributed by atoms with Crippen molar-refractivity contribution in [1.82, 2.24) is 10.6 Å². The highest BCUT2D eigenvalue weighted by Gasteiger charge is 2.28. The first-order valence-electron chi connectivity index (χ1n) is 6.82. The van der Waals surface area contributed by atoms with Crippen molar-refractivity contribution in [2.24, 2.45) is 5.92 Å². The van der Waals surface area contributed by atoms with Gasteiger partial charge in [0, 0.05) is 25.6 Å². The van der Waals surface area contributed by atoms with E-state index in [1.165, 1.54) is 5.56 Å². The predicted octanol–water partition coefficient (Wildman–Crippen LogP) is 1.62. The van der Waals surface area contributed by atoms with Crippen molar-refractivity contribution in [2.75, 3.05) is 20.2 Å². The third kappa shape index (κ3) is 4.24. The number of benzene rings is 1. The Balaban J connectivity index is 1.64. The van der Waals surface area contributed by atoms with Crippen LogP contribution in [-0.2, 0) is 11.3 Å². The van der Waals surface area contributed by atoms with Crippen molar-refractivity contribution in [3.8, 4) is 5.75 Å². The molecule has 0 heterocycles. The van der Waals surface area contributed by atoms with Crippen molar-refractivity contribution in [1.29, 1.82) is 0 Å². The fraction of sp³-hybridized carbons (Fsp3) is 0.533. The van der Waals surface area contributed by atoms with Gasteiger partial charge in [0.15, 0.2) is 0 Å². The van der Waals surface area contributed by atoms with Gasteiger partial charge in [-0.05, 0) is 37.0 Å².